The third-order valence-electron chi connectivity index (χ3n) is 6.29. The lowest BCUT2D eigenvalue weighted by Gasteiger charge is -2.21. The average molecular weight is 479 g/mol. The van der Waals surface area contributed by atoms with Gasteiger partial charge in [0.15, 0.2) is 12.1 Å². The molecule has 1 aliphatic heterocycles. The first-order valence-corrected chi connectivity index (χ1v) is 12.4. The molecule has 0 spiro atoms. The van der Waals surface area contributed by atoms with Crippen LogP contribution in [0.25, 0.3) is 36.8 Å². The van der Waals surface area contributed by atoms with Crippen molar-refractivity contribution in [1.29, 1.82) is 0 Å². The van der Waals surface area contributed by atoms with E-state index in [-0.39, 0.29) is 6.23 Å². The molecule has 4 heterocycles. The van der Waals surface area contributed by atoms with Gasteiger partial charge in [0, 0.05) is 17.0 Å². The van der Waals surface area contributed by atoms with Crippen molar-refractivity contribution in [2.45, 2.75) is 31.9 Å². The van der Waals surface area contributed by atoms with Gasteiger partial charge in [-0.05, 0) is 53.6 Å². The summed E-state index contributed by atoms with van der Waals surface area (Å²) in [5.41, 5.74) is 3.57. The number of fused-ring (bicyclic) bond motifs is 1. The zero-order chi connectivity index (χ0) is 23.6. The van der Waals surface area contributed by atoms with Crippen LogP contribution in [0, 0.1) is 6.57 Å². The molecule has 1 fully saturated rings. The molecule has 1 saturated heterocycles. The summed E-state index contributed by atoms with van der Waals surface area (Å²) in [6.07, 6.45) is 8.75. The van der Waals surface area contributed by atoms with Gasteiger partial charge in [-0.2, -0.15) is 10.2 Å². The Morgan fingerprint density at radius 1 is 1.06 bits per heavy atom. The van der Waals surface area contributed by atoms with Gasteiger partial charge in [-0.25, -0.2) is 14.5 Å². The molecule has 8 heteroatoms. The Labute approximate surface area is 206 Å². The second-order valence-electron chi connectivity index (χ2n) is 8.56. The Morgan fingerprint density at radius 2 is 1.97 bits per heavy atom. The zero-order valence-electron chi connectivity index (χ0n) is 19.0. The first-order chi connectivity index (χ1) is 17.3. The first kappa shape index (κ1) is 21.6. The molecule has 0 aliphatic carbocycles. The number of hydrogen-bond donors (Lipinski definition) is 0. The van der Waals surface area contributed by atoms with Crippen molar-refractivity contribution in [2.75, 3.05) is 6.61 Å². The van der Waals surface area contributed by atoms with Crippen LogP contribution in [0.2, 0.25) is 0 Å². The van der Waals surface area contributed by atoms with Crippen LogP contribution in [-0.2, 0) is 11.2 Å². The number of hydrogen-bond acceptors (Lipinski definition) is 6. The third kappa shape index (κ3) is 4.20. The summed E-state index contributed by atoms with van der Waals surface area (Å²) in [6.45, 7) is 8.79. The van der Waals surface area contributed by atoms with Crippen LogP contribution in [0.1, 0.15) is 36.6 Å². The van der Waals surface area contributed by atoms with Gasteiger partial charge in [-0.1, -0.05) is 42.5 Å². The highest BCUT2D eigenvalue weighted by molar-refractivity contribution is 7.19. The Balaban J connectivity index is 1.46. The number of rotatable bonds is 5. The molecule has 2 aromatic carbocycles. The van der Waals surface area contributed by atoms with Crippen LogP contribution in [0.3, 0.4) is 0 Å². The van der Waals surface area contributed by atoms with E-state index in [0.29, 0.717) is 17.9 Å². The van der Waals surface area contributed by atoms with Crippen molar-refractivity contribution in [2.24, 2.45) is 0 Å². The molecule has 6 rings (SSSR count). The lowest BCUT2D eigenvalue weighted by Crippen LogP contribution is -2.18. The monoisotopic (exact) mass is 478 g/mol. The van der Waals surface area contributed by atoms with Crippen LogP contribution in [0.4, 0.5) is 5.69 Å². The predicted octanol–water partition coefficient (Wildman–Crippen LogP) is 6.46. The predicted molar refractivity (Wildman–Crippen MR) is 136 cm³/mol. The number of aromatic nitrogens is 5. The summed E-state index contributed by atoms with van der Waals surface area (Å²) < 4.78 is 7.72. The van der Waals surface area contributed by atoms with Gasteiger partial charge in [0.25, 0.3) is 0 Å². The molecule has 0 saturated carbocycles. The Kier molecular flexibility index (Phi) is 5.78. The van der Waals surface area contributed by atoms with Crippen LogP contribution < -0.4 is 0 Å². The molecular weight excluding hydrogens is 456 g/mol. The molecule has 1 unspecified atom stereocenters. The molecule has 0 amide bonds. The molecule has 3 aromatic heterocycles. The van der Waals surface area contributed by atoms with E-state index in [0.717, 1.165) is 52.3 Å². The normalized spacial score (nSPS) is 15.8. The highest BCUT2D eigenvalue weighted by Gasteiger charge is 2.25. The fourth-order valence-corrected chi connectivity index (χ4v) is 5.73. The van der Waals surface area contributed by atoms with Gasteiger partial charge in [-0.3, -0.25) is 0 Å². The maximum Gasteiger partial charge on any atom is 0.209 e. The van der Waals surface area contributed by atoms with Gasteiger partial charge in [-0.15, -0.1) is 16.4 Å². The summed E-state index contributed by atoms with van der Waals surface area (Å²) in [5, 5.41) is 15.1. The third-order valence-corrected chi connectivity index (χ3v) is 7.56. The van der Waals surface area contributed by atoms with Crippen LogP contribution in [0.5, 0.6) is 0 Å². The van der Waals surface area contributed by atoms with E-state index in [9.17, 15) is 0 Å². The highest BCUT2D eigenvalue weighted by Crippen LogP contribution is 2.47. The zero-order valence-corrected chi connectivity index (χ0v) is 19.8. The summed E-state index contributed by atoms with van der Waals surface area (Å²) in [7, 11) is 0. The van der Waals surface area contributed by atoms with Crippen molar-refractivity contribution in [3.8, 4) is 21.1 Å². The highest BCUT2D eigenvalue weighted by atomic mass is 32.1. The van der Waals surface area contributed by atoms with E-state index in [2.05, 4.69) is 50.4 Å². The lowest BCUT2D eigenvalue weighted by molar-refractivity contribution is -0.0395. The molecule has 1 atom stereocenters. The first-order valence-electron chi connectivity index (χ1n) is 11.6. The minimum atomic E-state index is -0.0851. The minimum Gasteiger partial charge on any atom is -0.356 e. The fraction of sp³-hybridized carbons (Fsp3) is 0.222. The standard InChI is InChI=1S/C27H22N6OS/c1-28-24-22(15-18-9-10-19-6-2-3-7-20(19)14-18)26(35-25(24)21-11-12-30-31-16-21)27-29-17-33(32-27)23-8-4-5-13-34-23/h2-3,6-7,9-12,14,16-17,23H,4-5,8,13,15H2. The molecule has 0 radical (unpaired) electrons. The van der Waals surface area contributed by atoms with Gasteiger partial charge < -0.3 is 4.74 Å². The number of ether oxygens (including phenoxy) is 1. The van der Waals surface area contributed by atoms with E-state index in [1.807, 2.05) is 22.9 Å². The molecule has 35 heavy (non-hydrogen) atoms. The molecule has 1 aliphatic rings. The van der Waals surface area contributed by atoms with Crippen molar-refractivity contribution in [1.82, 2.24) is 25.0 Å². The summed E-state index contributed by atoms with van der Waals surface area (Å²) >= 11 is 1.54. The number of thiophene rings is 1. The van der Waals surface area contributed by atoms with E-state index in [1.165, 1.54) is 22.1 Å². The maximum absolute atomic E-state index is 8.04. The molecule has 0 bridgehead atoms. The van der Waals surface area contributed by atoms with Gasteiger partial charge in [0.2, 0.25) is 5.69 Å². The largest absolute Gasteiger partial charge is 0.356 e. The number of nitrogens with zero attached hydrogens (tertiary/aromatic N) is 6. The van der Waals surface area contributed by atoms with Crippen molar-refractivity contribution in [3.05, 3.63) is 89.8 Å². The van der Waals surface area contributed by atoms with Crippen molar-refractivity contribution < 1.29 is 4.74 Å². The Hall–Kier alpha value is -3.93. The van der Waals surface area contributed by atoms with Crippen molar-refractivity contribution in [3.63, 3.8) is 0 Å². The molecular formula is C27H22N6OS. The van der Waals surface area contributed by atoms with Gasteiger partial charge in [0.05, 0.1) is 23.8 Å². The SMILES string of the molecule is [C-]#[N+]c1c(-c2ccnnc2)sc(-c2ncn(C3CCCCO3)n2)c1Cc1ccc2ccccc2c1. The van der Waals surface area contributed by atoms with Crippen LogP contribution in [0.15, 0.2) is 67.3 Å². The van der Waals surface area contributed by atoms with E-state index in [4.69, 9.17) is 16.4 Å². The molecule has 0 N–H and O–H groups in total. The summed E-state index contributed by atoms with van der Waals surface area (Å²) in [5.74, 6) is 0.623. The molecule has 7 nitrogen and oxygen atoms in total. The minimum absolute atomic E-state index is 0.0851. The summed E-state index contributed by atoms with van der Waals surface area (Å²) in [4.78, 5) is 10.4. The average Bonchev–Trinajstić information content (AvgIpc) is 3.55. The van der Waals surface area contributed by atoms with Crippen molar-refractivity contribution >= 4 is 27.8 Å². The molecule has 5 aromatic rings. The van der Waals surface area contributed by atoms with Gasteiger partial charge >= 0.3 is 0 Å². The fourth-order valence-electron chi connectivity index (χ4n) is 4.54. The van der Waals surface area contributed by atoms with Crippen LogP contribution >= 0.6 is 11.3 Å². The number of benzene rings is 2. The van der Waals surface area contributed by atoms with Crippen LogP contribution in [-0.4, -0.2) is 31.6 Å². The quantitative estimate of drug-likeness (QED) is 0.271. The molecule has 172 valence electrons. The van der Waals surface area contributed by atoms with E-state index < -0.39 is 0 Å². The topological polar surface area (TPSA) is 70.1 Å². The van der Waals surface area contributed by atoms with E-state index >= 15 is 0 Å². The Bertz CT molecular complexity index is 1530. The Morgan fingerprint density at radius 3 is 2.77 bits per heavy atom. The maximum atomic E-state index is 8.04. The summed E-state index contributed by atoms with van der Waals surface area (Å²) in [6, 6.07) is 16.7. The smallest absolute Gasteiger partial charge is 0.209 e. The second-order valence-corrected chi connectivity index (χ2v) is 9.58. The second kappa shape index (κ2) is 9.37. The van der Waals surface area contributed by atoms with E-state index in [1.54, 1.807) is 18.7 Å². The van der Waals surface area contributed by atoms with Gasteiger partial charge in [0.1, 0.15) is 6.33 Å². The lowest BCUT2D eigenvalue weighted by atomic mass is 9.99.